The normalized spacial score (nSPS) is 13.7. The number of nitrogens with one attached hydrogen (secondary N) is 2. The number of benzene rings is 1. The number of carbonyl (C=O) groups is 1. The molecule has 1 aliphatic heterocycles. The minimum absolute atomic E-state index is 0.0986. The lowest BCUT2D eigenvalue weighted by Crippen LogP contribution is -2.25. The van der Waals surface area contributed by atoms with E-state index in [9.17, 15) is 13.2 Å². The second kappa shape index (κ2) is 5.61. The van der Waals surface area contributed by atoms with Gasteiger partial charge in [-0.15, -0.1) is 0 Å². The quantitative estimate of drug-likeness (QED) is 0.784. The zero-order chi connectivity index (χ0) is 13.9. The number of rotatable bonds is 5. The van der Waals surface area contributed by atoms with Crippen LogP contribution >= 0.6 is 0 Å². The van der Waals surface area contributed by atoms with Crippen LogP contribution in [0.1, 0.15) is 22.3 Å². The molecule has 0 bridgehead atoms. The summed E-state index contributed by atoms with van der Waals surface area (Å²) in [4.78, 5) is 11.9. The predicted octanol–water partition coefficient (Wildman–Crippen LogP) is 0.819. The van der Waals surface area contributed by atoms with Gasteiger partial charge in [0.25, 0.3) is 5.91 Å². The first-order valence-corrected chi connectivity index (χ1v) is 8.34. The number of fused-ring (bicyclic) bond motifs is 1. The summed E-state index contributed by atoms with van der Waals surface area (Å²) in [6.45, 7) is 1.29. The summed E-state index contributed by atoms with van der Waals surface area (Å²) in [5.41, 5.74) is 2.87. The van der Waals surface area contributed by atoms with Gasteiger partial charge in [-0.05, 0) is 36.6 Å². The van der Waals surface area contributed by atoms with Gasteiger partial charge < -0.3 is 10.6 Å². The fourth-order valence-corrected chi connectivity index (χ4v) is 2.75. The van der Waals surface area contributed by atoms with Crippen molar-refractivity contribution in [3.8, 4) is 0 Å². The number of amides is 1. The summed E-state index contributed by atoms with van der Waals surface area (Å²) in [7, 11) is -2.95. The third kappa shape index (κ3) is 3.96. The van der Waals surface area contributed by atoms with Crippen LogP contribution in [0, 0.1) is 0 Å². The van der Waals surface area contributed by atoms with E-state index in [0.717, 1.165) is 24.2 Å². The summed E-state index contributed by atoms with van der Waals surface area (Å²) >= 11 is 0. The molecule has 104 valence electrons. The standard InChI is InChI=1S/C13H18N2O3S/c1-19(17,18)8-2-6-15-13(16)11-3-4-12-10(9-11)5-7-14-12/h3-4,9,14H,2,5-8H2,1H3,(H,15,16). The molecule has 6 heteroatoms. The second-order valence-electron chi connectivity index (χ2n) is 4.79. The zero-order valence-corrected chi connectivity index (χ0v) is 11.7. The van der Waals surface area contributed by atoms with Crippen molar-refractivity contribution in [1.29, 1.82) is 0 Å². The van der Waals surface area contributed by atoms with E-state index in [1.54, 1.807) is 6.07 Å². The van der Waals surface area contributed by atoms with Crippen LogP contribution in [-0.2, 0) is 16.3 Å². The van der Waals surface area contributed by atoms with E-state index in [2.05, 4.69) is 10.6 Å². The van der Waals surface area contributed by atoms with Crippen molar-refractivity contribution in [2.24, 2.45) is 0 Å². The number of hydrogen-bond acceptors (Lipinski definition) is 4. The van der Waals surface area contributed by atoms with E-state index < -0.39 is 9.84 Å². The summed E-state index contributed by atoms with van der Waals surface area (Å²) in [5.74, 6) is -0.0512. The van der Waals surface area contributed by atoms with Gasteiger partial charge in [0.2, 0.25) is 0 Å². The topological polar surface area (TPSA) is 75.3 Å². The predicted molar refractivity (Wildman–Crippen MR) is 75.3 cm³/mol. The average Bonchev–Trinajstić information content (AvgIpc) is 2.80. The second-order valence-corrected chi connectivity index (χ2v) is 7.05. The van der Waals surface area contributed by atoms with Gasteiger partial charge in [-0.2, -0.15) is 0 Å². The Labute approximate surface area is 113 Å². The highest BCUT2D eigenvalue weighted by Gasteiger charge is 2.13. The highest BCUT2D eigenvalue weighted by molar-refractivity contribution is 7.90. The number of hydrogen-bond donors (Lipinski definition) is 2. The van der Waals surface area contributed by atoms with E-state index in [1.165, 1.54) is 6.26 Å². The average molecular weight is 282 g/mol. The summed E-state index contributed by atoms with van der Waals surface area (Å²) < 4.78 is 21.9. The van der Waals surface area contributed by atoms with Crippen LogP contribution in [0.4, 0.5) is 5.69 Å². The number of sulfone groups is 1. The third-order valence-electron chi connectivity index (χ3n) is 3.05. The van der Waals surface area contributed by atoms with Crippen molar-refractivity contribution in [3.63, 3.8) is 0 Å². The molecule has 1 aliphatic rings. The van der Waals surface area contributed by atoms with Crippen molar-refractivity contribution < 1.29 is 13.2 Å². The number of anilines is 1. The molecule has 0 saturated heterocycles. The van der Waals surface area contributed by atoms with Gasteiger partial charge in [-0.25, -0.2) is 8.42 Å². The van der Waals surface area contributed by atoms with Gasteiger partial charge in [0, 0.05) is 30.6 Å². The van der Waals surface area contributed by atoms with E-state index in [-0.39, 0.29) is 11.7 Å². The lowest BCUT2D eigenvalue weighted by molar-refractivity contribution is 0.0953. The molecule has 0 unspecified atom stereocenters. The molecule has 0 saturated carbocycles. The molecule has 2 N–H and O–H groups in total. The zero-order valence-electron chi connectivity index (χ0n) is 10.9. The molecule has 0 radical (unpaired) electrons. The maximum Gasteiger partial charge on any atom is 0.251 e. The Morgan fingerprint density at radius 2 is 2.21 bits per heavy atom. The molecule has 1 aromatic carbocycles. The van der Waals surface area contributed by atoms with Crippen molar-refractivity contribution in [2.45, 2.75) is 12.8 Å². The SMILES string of the molecule is CS(=O)(=O)CCCNC(=O)c1ccc2c(c1)CCN2. The van der Waals surface area contributed by atoms with Gasteiger partial charge in [0.15, 0.2) is 0 Å². The summed E-state index contributed by atoms with van der Waals surface area (Å²) in [6.07, 6.45) is 2.57. The Balaban J connectivity index is 1.87. The van der Waals surface area contributed by atoms with Gasteiger partial charge in [0.1, 0.15) is 9.84 Å². The molecule has 0 fully saturated rings. The monoisotopic (exact) mass is 282 g/mol. The van der Waals surface area contributed by atoms with Gasteiger partial charge in [-0.1, -0.05) is 0 Å². The lowest BCUT2D eigenvalue weighted by Gasteiger charge is -2.06. The Bertz CT molecular complexity index is 582. The Morgan fingerprint density at radius 1 is 1.42 bits per heavy atom. The fraction of sp³-hybridized carbons (Fsp3) is 0.462. The highest BCUT2D eigenvalue weighted by atomic mass is 32.2. The first-order valence-electron chi connectivity index (χ1n) is 6.28. The van der Waals surface area contributed by atoms with Crippen LogP contribution in [0.25, 0.3) is 0 Å². The molecule has 0 aliphatic carbocycles. The molecule has 1 amide bonds. The maximum atomic E-state index is 11.9. The summed E-state index contributed by atoms with van der Waals surface area (Å²) in [6, 6.07) is 5.58. The van der Waals surface area contributed by atoms with Gasteiger partial charge >= 0.3 is 0 Å². The largest absolute Gasteiger partial charge is 0.384 e. The van der Waals surface area contributed by atoms with Crippen molar-refractivity contribution >= 4 is 21.4 Å². The van der Waals surface area contributed by atoms with Crippen LogP contribution < -0.4 is 10.6 Å². The molecular formula is C13H18N2O3S. The van der Waals surface area contributed by atoms with Crippen molar-refractivity contribution in [3.05, 3.63) is 29.3 Å². The van der Waals surface area contributed by atoms with E-state index >= 15 is 0 Å². The molecule has 1 aromatic rings. The minimum Gasteiger partial charge on any atom is -0.384 e. The first kappa shape index (κ1) is 13.9. The smallest absolute Gasteiger partial charge is 0.251 e. The van der Waals surface area contributed by atoms with Gasteiger partial charge in [-0.3, -0.25) is 4.79 Å². The molecule has 1 heterocycles. The summed E-state index contributed by atoms with van der Waals surface area (Å²) in [5, 5.41) is 5.98. The molecule has 0 atom stereocenters. The Kier molecular flexibility index (Phi) is 4.09. The molecule has 2 rings (SSSR count). The van der Waals surface area contributed by atoms with Crippen molar-refractivity contribution in [1.82, 2.24) is 5.32 Å². The lowest BCUT2D eigenvalue weighted by atomic mass is 10.1. The number of carbonyl (C=O) groups excluding carboxylic acids is 1. The molecular weight excluding hydrogens is 264 g/mol. The molecule has 0 aromatic heterocycles. The highest BCUT2D eigenvalue weighted by Crippen LogP contribution is 2.22. The maximum absolute atomic E-state index is 11.9. The molecule has 0 spiro atoms. The first-order chi connectivity index (χ1) is 8.96. The fourth-order valence-electron chi connectivity index (χ4n) is 2.08. The van der Waals surface area contributed by atoms with E-state index in [0.29, 0.717) is 18.5 Å². The van der Waals surface area contributed by atoms with Crippen LogP contribution in [0.15, 0.2) is 18.2 Å². The third-order valence-corrected chi connectivity index (χ3v) is 4.08. The van der Waals surface area contributed by atoms with E-state index in [4.69, 9.17) is 0 Å². The molecule has 19 heavy (non-hydrogen) atoms. The van der Waals surface area contributed by atoms with Crippen LogP contribution in [0.3, 0.4) is 0 Å². The van der Waals surface area contributed by atoms with E-state index in [1.807, 2.05) is 12.1 Å². The Morgan fingerprint density at radius 3 is 2.95 bits per heavy atom. The van der Waals surface area contributed by atoms with Crippen LogP contribution in [0.2, 0.25) is 0 Å². The van der Waals surface area contributed by atoms with Gasteiger partial charge in [0.05, 0.1) is 5.75 Å². The molecule has 5 nitrogen and oxygen atoms in total. The van der Waals surface area contributed by atoms with Crippen molar-refractivity contribution in [2.75, 3.05) is 30.4 Å². The van der Waals surface area contributed by atoms with Crippen LogP contribution in [0.5, 0.6) is 0 Å². The Hall–Kier alpha value is -1.56. The van der Waals surface area contributed by atoms with Crippen LogP contribution in [-0.4, -0.2) is 39.4 Å². The minimum atomic E-state index is -2.95.